The van der Waals surface area contributed by atoms with E-state index in [0.717, 1.165) is 15.9 Å². The highest BCUT2D eigenvalue weighted by Crippen LogP contribution is 2.30. The number of thiazole rings is 1. The van der Waals surface area contributed by atoms with Gasteiger partial charge in [0.15, 0.2) is 15.1 Å². The highest BCUT2D eigenvalue weighted by Gasteiger charge is 2.31. The lowest BCUT2D eigenvalue weighted by atomic mass is 10.2. The Kier molecular flexibility index (Phi) is 4.91. The second-order valence-electron chi connectivity index (χ2n) is 6.37. The summed E-state index contributed by atoms with van der Waals surface area (Å²) in [5, 5.41) is 2.39. The van der Waals surface area contributed by atoms with E-state index in [1.165, 1.54) is 12.1 Å². The van der Waals surface area contributed by atoms with Crippen molar-refractivity contribution in [3.63, 3.8) is 0 Å². The molecule has 2 aromatic carbocycles. The van der Waals surface area contributed by atoms with Gasteiger partial charge in [-0.05, 0) is 42.5 Å². The number of nitrogens with one attached hydrogen (secondary N) is 1. The van der Waals surface area contributed by atoms with E-state index in [-0.39, 0.29) is 11.4 Å². The number of aromatic nitrogens is 2. The zero-order valence-electron chi connectivity index (χ0n) is 15.1. The van der Waals surface area contributed by atoms with Crippen molar-refractivity contribution < 1.29 is 13.2 Å². The van der Waals surface area contributed by atoms with Crippen molar-refractivity contribution in [1.82, 2.24) is 9.97 Å². The second-order valence-corrected chi connectivity index (χ2v) is 9.39. The number of sulfone groups is 1. The van der Waals surface area contributed by atoms with Gasteiger partial charge in [0, 0.05) is 29.5 Å². The molecule has 0 radical (unpaired) electrons. The van der Waals surface area contributed by atoms with Crippen LogP contribution in [-0.4, -0.2) is 36.1 Å². The number of pyridine rings is 1. The molecule has 0 fully saturated rings. The predicted molar refractivity (Wildman–Crippen MR) is 114 cm³/mol. The molecular formula is C19H17N5O3S2. The van der Waals surface area contributed by atoms with Crippen LogP contribution >= 0.6 is 11.3 Å². The lowest BCUT2D eigenvalue weighted by molar-refractivity contribution is -0.117. The molecule has 8 nitrogen and oxygen atoms in total. The monoisotopic (exact) mass is 427 g/mol. The molecule has 1 amide bonds. The van der Waals surface area contributed by atoms with E-state index in [9.17, 15) is 13.2 Å². The zero-order valence-corrected chi connectivity index (χ0v) is 16.7. The summed E-state index contributed by atoms with van der Waals surface area (Å²) in [6.45, 7) is -0.387. The van der Waals surface area contributed by atoms with Crippen LogP contribution in [0.3, 0.4) is 0 Å². The molecule has 29 heavy (non-hydrogen) atoms. The van der Waals surface area contributed by atoms with Gasteiger partial charge in [-0.1, -0.05) is 0 Å². The van der Waals surface area contributed by atoms with Crippen molar-refractivity contribution >= 4 is 59.6 Å². The Morgan fingerprint density at radius 3 is 2.69 bits per heavy atom. The molecule has 2 aromatic heterocycles. The summed E-state index contributed by atoms with van der Waals surface area (Å²) < 4.78 is 26.7. The molecule has 148 valence electrons. The van der Waals surface area contributed by atoms with Crippen LogP contribution in [0.15, 0.2) is 59.1 Å². The molecular weight excluding hydrogens is 410 g/mol. The Morgan fingerprint density at radius 2 is 1.93 bits per heavy atom. The van der Waals surface area contributed by atoms with Gasteiger partial charge in [-0.25, -0.2) is 13.4 Å². The molecule has 0 bridgehead atoms. The van der Waals surface area contributed by atoms with Crippen molar-refractivity contribution in [3.05, 3.63) is 54.2 Å². The number of rotatable bonds is 6. The summed E-state index contributed by atoms with van der Waals surface area (Å²) in [4.78, 5) is 20.1. The Hall–Kier alpha value is -3.08. The van der Waals surface area contributed by atoms with Crippen LogP contribution in [-0.2, 0) is 14.6 Å². The average Bonchev–Trinajstić information content (AvgIpc) is 3.16. The van der Waals surface area contributed by atoms with E-state index >= 15 is 0 Å². The summed E-state index contributed by atoms with van der Waals surface area (Å²) in [6, 6.07) is 12.0. The number of amides is 1. The molecule has 1 unspecified atom stereocenters. The van der Waals surface area contributed by atoms with Crippen LogP contribution < -0.4 is 16.8 Å². The number of anilines is 2. The Balaban J connectivity index is 1.79. The molecule has 4 aromatic rings. The maximum absolute atomic E-state index is 12.8. The molecule has 0 aliphatic heterocycles. The van der Waals surface area contributed by atoms with Gasteiger partial charge in [0.2, 0.25) is 5.91 Å². The van der Waals surface area contributed by atoms with Crippen molar-refractivity contribution in [1.29, 1.82) is 0 Å². The number of carbonyl (C=O) groups excluding carboxylic acids is 1. The summed E-state index contributed by atoms with van der Waals surface area (Å²) >= 11 is 1.55. The standard InChI is InChI=1S/C19H17N5O3S2/c20-9-18(19(21)25)29(26,27)12-2-3-14-13(8-12)15(5-6-22-14)24-11-1-4-17-16(7-11)23-10-28-17/h1-8,10,18H,9,20H2,(H2,21,25)(H,22,24). The molecule has 0 aliphatic rings. The average molecular weight is 428 g/mol. The molecule has 0 saturated heterocycles. The van der Waals surface area contributed by atoms with Gasteiger partial charge in [0.05, 0.1) is 26.1 Å². The van der Waals surface area contributed by atoms with Gasteiger partial charge in [0.1, 0.15) is 0 Å². The Morgan fingerprint density at radius 1 is 1.10 bits per heavy atom. The largest absolute Gasteiger partial charge is 0.368 e. The van der Waals surface area contributed by atoms with E-state index in [1.807, 2.05) is 18.2 Å². The second kappa shape index (κ2) is 7.39. The fraction of sp³-hybridized carbons (Fsp3) is 0.105. The van der Waals surface area contributed by atoms with Gasteiger partial charge in [-0.2, -0.15) is 0 Å². The maximum atomic E-state index is 12.8. The normalized spacial score (nSPS) is 12.9. The first kappa shape index (κ1) is 19.2. The fourth-order valence-electron chi connectivity index (χ4n) is 3.06. The van der Waals surface area contributed by atoms with Crippen molar-refractivity contribution in [3.8, 4) is 0 Å². The number of hydrogen-bond donors (Lipinski definition) is 3. The molecule has 0 spiro atoms. The third kappa shape index (κ3) is 3.53. The molecule has 4 rings (SSSR count). The summed E-state index contributed by atoms with van der Waals surface area (Å²) in [5.41, 5.74) is 15.4. The first-order chi connectivity index (χ1) is 13.9. The van der Waals surface area contributed by atoms with Crippen molar-refractivity contribution in [2.24, 2.45) is 11.5 Å². The highest BCUT2D eigenvalue weighted by atomic mass is 32.2. The third-order valence-corrected chi connectivity index (χ3v) is 7.45. The maximum Gasteiger partial charge on any atom is 0.237 e. The minimum Gasteiger partial charge on any atom is -0.368 e. The Labute approximate surface area is 170 Å². The molecule has 1 atom stereocenters. The SMILES string of the molecule is NCC(C(N)=O)S(=O)(=O)c1ccc2nccc(Nc3ccc4scnc4c3)c2c1. The first-order valence-corrected chi connectivity index (χ1v) is 11.0. The van der Waals surface area contributed by atoms with Crippen LogP contribution in [0, 0.1) is 0 Å². The lowest BCUT2D eigenvalue weighted by Gasteiger charge is -2.14. The van der Waals surface area contributed by atoms with Crippen LogP contribution in [0.2, 0.25) is 0 Å². The number of benzene rings is 2. The lowest BCUT2D eigenvalue weighted by Crippen LogP contribution is -2.41. The first-order valence-electron chi connectivity index (χ1n) is 8.62. The van der Waals surface area contributed by atoms with E-state index in [1.54, 1.807) is 35.2 Å². The highest BCUT2D eigenvalue weighted by molar-refractivity contribution is 7.92. The van der Waals surface area contributed by atoms with E-state index in [4.69, 9.17) is 11.5 Å². The number of nitrogens with zero attached hydrogens (tertiary/aromatic N) is 2. The van der Waals surface area contributed by atoms with Gasteiger partial charge in [-0.3, -0.25) is 9.78 Å². The van der Waals surface area contributed by atoms with Gasteiger partial charge < -0.3 is 16.8 Å². The number of carbonyl (C=O) groups is 1. The molecule has 5 N–H and O–H groups in total. The number of hydrogen-bond acceptors (Lipinski definition) is 8. The third-order valence-electron chi connectivity index (χ3n) is 4.56. The van der Waals surface area contributed by atoms with Crippen LogP contribution in [0.4, 0.5) is 11.4 Å². The van der Waals surface area contributed by atoms with Crippen LogP contribution in [0.25, 0.3) is 21.1 Å². The molecule has 0 saturated carbocycles. The molecule has 2 heterocycles. The quantitative estimate of drug-likeness (QED) is 0.428. The van der Waals surface area contributed by atoms with E-state index < -0.39 is 21.0 Å². The predicted octanol–water partition coefficient (Wildman–Crippen LogP) is 2.17. The number of nitrogens with two attached hydrogens (primary N) is 2. The van der Waals surface area contributed by atoms with Crippen LogP contribution in [0.5, 0.6) is 0 Å². The summed E-state index contributed by atoms with van der Waals surface area (Å²) in [6.07, 6.45) is 1.63. The number of primary amides is 1. The fourth-order valence-corrected chi connectivity index (χ4v) is 5.15. The Bertz CT molecular complexity index is 1330. The van der Waals surface area contributed by atoms with Gasteiger partial charge >= 0.3 is 0 Å². The molecule has 10 heteroatoms. The van der Waals surface area contributed by atoms with Crippen LogP contribution in [0.1, 0.15) is 0 Å². The topological polar surface area (TPSA) is 141 Å². The number of fused-ring (bicyclic) bond motifs is 2. The minimum atomic E-state index is -4.02. The summed E-state index contributed by atoms with van der Waals surface area (Å²) in [7, 11) is -4.02. The van der Waals surface area contributed by atoms with E-state index in [0.29, 0.717) is 16.6 Å². The van der Waals surface area contributed by atoms with Gasteiger partial charge in [0.25, 0.3) is 0 Å². The summed E-state index contributed by atoms with van der Waals surface area (Å²) in [5.74, 6) is -0.978. The van der Waals surface area contributed by atoms with Crippen molar-refractivity contribution in [2.75, 3.05) is 11.9 Å². The van der Waals surface area contributed by atoms with E-state index in [2.05, 4.69) is 15.3 Å². The minimum absolute atomic E-state index is 0.0368. The smallest absolute Gasteiger partial charge is 0.237 e. The van der Waals surface area contributed by atoms with Crippen molar-refractivity contribution in [2.45, 2.75) is 10.1 Å². The molecule has 0 aliphatic carbocycles. The zero-order chi connectivity index (χ0) is 20.6. The van der Waals surface area contributed by atoms with Gasteiger partial charge in [-0.15, -0.1) is 11.3 Å².